The molecule has 0 saturated carbocycles. The molecule has 0 spiro atoms. The summed E-state index contributed by atoms with van der Waals surface area (Å²) in [6.45, 7) is 4.04. The molecule has 2 aromatic rings. The lowest BCUT2D eigenvalue weighted by molar-refractivity contribution is 0.260. The molecule has 0 unspecified atom stereocenters. The number of nitrogens with zero attached hydrogens (tertiary/aromatic N) is 4. The Morgan fingerprint density at radius 3 is 2.88 bits per heavy atom. The van der Waals surface area contributed by atoms with Crippen LogP contribution in [0.3, 0.4) is 0 Å². The molecule has 124 valence electrons. The van der Waals surface area contributed by atoms with Gasteiger partial charge in [-0.2, -0.15) is 5.26 Å². The number of piperidine rings is 1. The molecule has 1 aliphatic rings. The van der Waals surface area contributed by atoms with Gasteiger partial charge in [0.25, 0.3) is 0 Å². The second-order valence-electron chi connectivity index (χ2n) is 6.31. The summed E-state index contributed by atoms with van der Waals surface area (Å²) >= 11 is 0. The molecule has 1 atom stereocenters. The Morgan fingerprint density at radius 1 is 1.33 bits per heavy atom. The zero-order chi connectivity index (χ0) is 17.1. The highest BCUT2D eigenvalue weighted by Gasteiger charge is 2.18. The minimum Gasteiger partial charge on any atom is -0.365 e. The van der Waals surface area contributed by atoms with Gasteiger partial charge in [-0.05, 0) is 63.2 Å². The second-order valence-corrected chi connectivity index (χ2v) is 6.31. The molecule has 0 aliphatic carbocycles. The number of aryl methyl sites for hydroxylation is 1. The van der Waals surface area contributed by atoms with Gasteiger partial charge in [-0.1, -0.05) is 0 Å². The van der Waals surface area contributed by atoms with E-state index in [1.165, 1.54) is 18.6 Å². The number of likely N-dealkylation sites (N-methyl/N-ethyl adjacent to an activating group) is 1. The fraction of sp³-hybridized carbons (Fsp3) is 0.389. The Bertz CT molecular complexity index is 783. The number of hydrogen-bond donors (Lipinski definition) is 1. The van der Waals surface area contributed by atoms with Crippen LogP contribution < -0.4 is 5.32 Å². The summed E-state index contributed by atoms with van der Waals surface area (Å²) < 4.78 is 13.3. The van der Waals surface area contributed by atoms with Crippen LogP contribution in [0.25, 0.3) is 11.3 Å². The van der Waals surface area contributed by atoms with Crippen molar-refractivity contribution in [1.82, 2.24) is 15.1 Å². The van der Waals surface area contributed by atoms with Gasteiger partial charge in [-0.25, -0.2) is 4.39 Å². The number of halogens is 1. The van der Waals surface area contributed by atoms with Crippen molar-refractivity contribution in [3.05, 3.63) is 41.2 Å². The molecule has 1 aromatic heterocycles. The first-order valence-corrected chi connectivity index (χ1v) is 8.06. The zero-order valence-electron chi connectivity index (χ0n) is 13.9. The standard InChI is InChI=1S/C18H20FN5/c1-12-8-17(21-15-4-3-7-24(2)11-15)22-23-18(12)16-6-5-14(19)9-13(16)10-20/h5-6,8-9,15H,3-4,7,11H2,1-2H3,(H,21,22)/t15-/m1/s1. The van der Waals surface area contributed by atoms with Crippen LogP contribution in [0.5, 0.6) is 0 Å². The fourth-order valence-electron chi connectivity index (χ4n) is 3.13. The molecular weight excluding hydrogens is 305 g/mol. The fourth-order valence-corrected chi connectivity index (χ4v) is 3.13. The van der Waals surface area contributed by atoms with Gasteiger partial charge in [0.2, 0.25) is 0 Å². The molecule has 1 aromatic carbocycles. The highest BCUT2D eigenvalue weighted by atomic mass is 19.1. The molecular formula is C18H20FN5. The van der Waals surface area contributed by atoms with Gasteiger partial charge < -0.3 is 10.2 Å². The number of benzene rings is 1. The third kappa shape index (κ3) is 3.52. The summed E-state index contributed by atoms with van der Waals surface area (Å²) in [5, 5.41) is 21.2. The van der Waals surface area contributed by atoms with E-state index in [1.54, 1.807) is 6.07 Å². The summed E-state index contributed by atoms with van der Waals surface area (Å²) in [6, 6.07) is 8.45. The molecule has 1 N–H and O–H groups in total. The molecule has 3 rings (SSSR count). The van der Waals surface area contributed by atoms with Crippen molar-refractivity contribution in [2.75, 3.05) is 25.5 Å². The van der Waals surface area contributed by atoms with Crippen LogP contribution in [-0.4, -0.2) is 41.3 Å². The van der Waals surface area contributed by atoms with Crippen molar-refractivity contribution in [1.29, 1.82) is 5.26 Å². The average Bonchev–Trinajstić information content (AvgIpc) is 2.55. The molecule has 24 heavy (non-hydrogen) atoms. The second kappa shape index (κ2) is 6.93. The van der Waals surface area contributed by atoms with Crippen LogP contribution in [0.15, 0.2) is 24.3 Å². The van der Waals surface area contributed by atoms with E-state index < -0.39 is 5.82 Å². The monoisotopic (exact) mass is 325 g/mol. The van der Waals surface area contributed by atoms with Gasteiger partial charge in [0.1, 0.15) is 11.6 Å². The van der Waals surface area contributed by atoms with Gasteiger partial charge in [0.05, 0.1) is 17.3 Å². The number of nitrogens with one attached hydrogen (secondary N) is 1. The average molecular weight is 325 g/mol. The SMILES string of the molecule is Cc1cc(N[C@@H]2CCCN(C)C2)nnc1-c1ccc(F)cc1C#N. The molecule has 0 radical (unpaired) electrons. The molecule has 2 heterocycles. The number of rotatable bonds is 3. The smallest absolute Gasteiger partial charge is 0.149 e. The van der Waals surface area contributed by atoms with Gasteiger partial charge in [0.15, 0.2) is 0 Å². The lowest BCUT2D eigenvalue weighted by Gasteiger charge is -2.30. The van der Waals surface area contributed by atoms with Crippen molar-refractivity contribution < 1.29 is 4.39 Å². The molecule has 0 amide bonds. The lowest BCUT2D eigenvalue weighted by Crippen LogP contribution is -2.39. The van der Waals surface area contributed by atoms with E-state index in [0.717, 1.165) is 30.9 Å². The summed E-state index contributed by atoms with van der Waals surface area (Å²) in [6.07, 6.45) is 2.28. The van der Waals surface area contributed by atoms with Gasteiger partial charge in [-0.3, -0.25) is 0 Å². The summed E-state index contributed by atoms with van der Waals surface area (Å²) in [7, 11) is 2.12. The van der Waals surface area contributed by atoms with E-state index in [-0.39, 0.29) is 5.56 Å². The molecule has 1 aliphatic heterocycles. The van der Waals surface area contributed by atoms with E-state index in [0.29, 0.717) is 17.3 Å². The third-order valence-corrected chi connectivity index (χ3v) is 4.32. The summed E-state index contributed by atoms with van der Waals surface area (Å²) in [4.78, 5) is 2.30. The van der Waals surface area contributed by atoms with E-state index in [4.69, 9.17) is 0 Å². The molecule has 0 bridgehead atoms. The summed E-state index contributed by atoms with van der Waals surface area (Å²) in [5.41, 5.74) is 2.38. The van der Waals surface area contributed by atoms with Crippen LogP contribution >= 0.6 is 0 Å². The summed E-state index contributed by atoms with van der Waals surface area (Å²) in [5.74, 6) is 0.304. The highest BCUT2D eigenvalue weighted by Crippen LogP contribution is 2.26. The zero-order valence-corrected chi connectivity index (χ0v) is 13.9. The topological polar surface area (TPSA) is 64.8 Å². The Balaban J connectivity index is 1.84. The molecule has 5 nitrogen and oxygen atoms in total. The third-order valence-electron chi connectivity index (χ3n) is 4.32. The van der Waals surface area contributed by atoms with Crippen LogP contribution in [0.2, 0.25) is 0 Å². The quantitative estimate of drug-likeness (QED) is 0.940. The maximum Gasteiger partial charge on any atom is 0.149 e. The largest absolute Gasteiger partial charge is 0.365 e. The van der Waals surface area contributed by atoms with Crippen molar-refractivity contribution in [3.63, 3.8) is 0 Å². The first kappa shape index (κ1) is 16.3. The number of hydrogen-bond acceptors (Lipinski definition) is 5. The number of anilines is 1. The minimum atomic E-state index is -0.430. The Kier molecular flexibility index (Phi) is 4.72. The van der Waals surface area contributed by atoms with Crippen molar-refractivity contribution in [3.8, 4) is 17.3 Å². The Hall–Kier alpha value is -2.52. The maximum absolute atomic E-state index is 13.3. The van der Waals surface area contributed by atoms with Crippen LogP contribution in [0, 0.1) is 24.1 Å². The van der Waals surface area contributed by atoms with E-state index >= 15 is 0 Å². The molecule has 1 saturated heterocycles. The Labute approximate surface area is 141 Å². The predicted octanol–water partition coefficient (Wildman–Crippen LogP) is 2.97. The van der Waals surface area contributed by atoms with Crippen molar-refractivity contribution >= 4 is 5.82 Å². The first-order valence-electron chi connectivity index (χ1n) is 8.06. The molecule has 1 fully saturated rings. The Morgan fingerprint density at radius 2 is 2.17 bits per heavy atom. The van der Waals surface area contributed by atoms with Crippen molar-refractivity contribution in [2.45, 2.75) is 25.8 Å². The van der Waals surface area contributed by atoms with Gasteiger partial charge >= 0.3 is 0 Å². The van der Waals surface area contributed by atoms with Crippen LogP contribution in [-0.2, 0) is 0 Å². The normalized spacial score (nSPS) is 18.2. The number of nitriles is 1. The highest BCUT2D eigenvalue weighted by molar-refractivity contribution is 5.70. The predicted molar refractivity (Wildman–Crippen MR) is 91.0 cm³/mol. The lowest BCUT2D eigenvalue weighted by atomic mass is 10.0. The van der Waals surface area contributed by atoms with E-state index in [2.05, 4.69) is 27.5 Å². The van der Waals surface area contributed by atoms with Gasteiger partial charge in [-0.15, -0.1) is 10.2 Å². The van der Waals surface area contributed by atoms with E-state index in [1.807, 2.05) is 19.1 Å². The number of aromatic nitrogens is 2. The first-order chi connectivity index (χ1) is 11.6. The maximum atomic E-state index is 13.3. The molecule has 6 heteroatoms. The van der Waals surface area contributed by atoms with Crippen molar-refractivity contribution in [2.24, 2.45) is 0 Å². The minimum absolute atomic E-state index is 0.266. The van der Waals surface area contributed by atoms with Crippen LogP contribution in [0.1, 0.15) is 24.0 Å². The van der Waals surface area contributed by atoms with E-state index in [9.17, 15) is 9.65 Å². The van der Waals surface area contributed by atoms with Crippen LogP contribution in [0.4, 0.5) is 10.2 Å². The number of likely N-dealkylation sites (tertiary alicyclic amines) is 1. The van der Waals surface area contributed by atoms with Gasteiger partial charge in [0, 0.05) is 18.2 Å².